The fraction of sp³-hybridized carbons (Fsp3) is 0.857. The van der Waals surface area contributed by atoms with Crippen LogP contribution in [0.5, 0.6) is 0 Å². The molecule has 0 aliphatic rings. The molecule has 0 saturated heterocycles. The highest BCUT2D eigenvalue weighted by molar-refractivity contribution is 6.76. The molecule has 1 aromatic rings. The lowest BCUT2D eigenvalue weighted by Crippen LogP contribution is -2.54. The van der Waals surface area contributed by atoms with Crippen LogP contribution in [0.3, 0.4) is 0 Å². The fourth-order valence-corrected chi connectivity index (χ4v) is 7.22. The van der Waals surface area contributed by atoms with Gasteiger partial charge in [-0.2, -0.15) is 0 Å². The van der Waals surface area contributed by atoms with Crippen molar-refractivity contribution in [1.82, 2.24) is 13.7 Å². The highest BCUT2D eigenvalue weighted by atomic mass is 28.3. The standard InChI is InChI=1S/C21H45N3O3Si3/c1-28(2,3)16-10-13-22-19(25)23(14-11-17-29(4,5)6)21(27)24(20(22)26)15-12-18-30(7,8)9/h10-18H2,1-9H3. The van der Waals surface area contributed by atoms with E-state index in [1.54, 1.807) is 0 Å². The van der Waals surface area contributed by atoms with Gasteiger partial charge in [0.2, 0.25) is 0 Å². The van der Waals surface area contributed by atoms with Gasteiger partial charge >= 0.3 is 17.1 Å². The molecule has 30 heavy (non-hydrogen) atoms. The zero-order chi connectivity index (χ0) is 23.3. The minimum atomic E-state index is -1.25. The van der Waals surface area contributed by atoms with E-state index in [2.05, 4.69) is 58.9 Å². The Morgan fingerprint density at radius 1 is 0.467 bits per heavy atom. The van der Waals surface area contributed by atoms with E-state index >= 15 is 0 Å². The topological polar surface area (TPSA) is 66.0 Å². The van der Waals surface area contributed by atoms with E-state index in [1.165, 1.54) is 13.7 Å². The van der Waals surface area contributed by atoms with Crippen LogP contribution in [0.1, 0.15) is 19.3 Å². The van der Waals surface area contributed by atoms with Crippen molar-refractivity contribution in [3.8, 4) is 0 Å². The molecule has 0 unspecified atom stereocenters. The van der Waals surface area contributed by atoms with Gasteiger partial charge in [0.1, 0.15) is 0 Å². The summed E-state index contributed by atoms with van der Waals surface area (Å²) in [6.07, 6.45) is 2.44. The van der Waals surface area contributed by atoms with Gasteiger partial charge in [0, 0.05) is 43.9 Å². The van der Waals surface area contributed by atoms with Crippen LogP contribution < -0.4 is 17.1 Å². The summed E-state index contributed by atoms with van der Waals surface area (Å²) in [7, 11) is -3.75. The normalized spacial score (nSPS) is 13.1. The molecule has 0 N–H and O–H groups in total. The molecule has 0 fully saturated rings. The third kappa shape index (κ3) is 9.47. The number of hydrogen-bond acceptors (Lipinski definition) is 3. The maximum atomic E-state index is 13.0. The maximum Gasteiger partial charge on any atom is 0.336 e. The van der Waals surface area contributed by atoms with Crippen molar-refractivity contribution in [2.24, 2.45) is 0 Å². The second-order valence-corrected chi connectivity index (χ2v) is 29.2. The molecule has 0 aliphatic carbocycles. The Morgan fingerprint density at radius 2 is 0.667 bits per heavy atom. The summed E-state index contributed by atoms with van der Waals surface area (Å²) in [6, 6.07) is 3.18. The molecular formula is C21H45N3O3Si3. The minimum absolute atomic E-state index is 0.407. The summed E-state index contributed by atoms with van der Waals surface area (Å²) in [5, 5.41) is 0. The SMILES string of the molecule is C[Si](C)(C)CCCn1c(=O)n(CCC[Si](C)(C)C)c(=O)n(CCC[Si](C)(C)C)c1=O. The van der Waals surface area contributed by atoms with E-state index in [0.29, 0.717) is 19.6 Å². The van der Waals surface area contributed by atoms with Gasteiger partial charge < -0.3 is 0 Å². The molecule has 0 bridgehead atoms. The molecule has 1 rings (SSSR count). The highest BCUT2D eigenvalue weighted by Gasteiger charge is 2.19. The van der Waals surface area contributed by atoms with Crippen molar-refractivity contribution in [2.45, 2.75) is 116 Å². The summed E-state index contributed by atoms with van der Waals surface area (Å²) in [5.74, 6) is 0. The van der Waals surface area contributed by atoms with E-state index in [-0.39, 0.29) is 0 Å². The van der Waals surface area contributed by atoms with E-state index < -0.39 is 41.3 Å². The molecule has 0 radical (unpaired) electrons. The van der Waals surface area contributed by atoms with Crippen LogP contribution in [-0.2, 0) is 19.6 Å². The van der Waals surface area contributed by atoms with Crippen molar-refractivity contribution in [3.05, 3.63) is 31.5 Å². The third-order valence-corrected chi connectivity index (χ3v) is 10.9. The van der Waals surface area contributed by atoms with E-state index in [4.69, 9.17) is 0 Å². The number of hydrogen-bond donors (Lipinski definition) is 0. The van der Waals surface area contributed by atoms with Gasteiger partial charge in [0.25, 0.3) is 0 Å². The second kappa shape index (κ2) is 10.6. The highest BCUT2D eigenvalue weighted by Crippen LogP contribution is 2.13. The summed E-state index contributed by atoms with van der Waals surface area (Å²) in [5.41, 5.74) is -1.26. The molecule has 0 amide bonds. The quantitative estimate of drug-likeness (QED) is 0.425. The number of rotatable bonds is 12. The van der Waals surface area contributed by atoms with Crippen molar-refractivity contribution in [2.75, 3.05) is 0 Å². The number of nitrogens with zero attached hydrogens (tertiary/aromatic N) is 3. The molecule has 0 saturated carbocycles. The van der Waals surface area contributed by atoms with Crippen molar-refractivity contribution < 1.29 is 0 Å². The first-order chi connectivity index (χ1) is 13.5. The zero-order valence-corrected chi connectivity index (χ0v) is 23.9. The average Bonchev–Trinajstić information content (AvgIpc) is 2.54. The van der Waals surface area contributed by atoms with Crippen LogP contribution in [0.2, 0.25) is 77.1 Å². The van der Waals surface area contributed by atoms with Crippen LogP contribution in [0.25, 0.3) is 0 Å². The largest absolute Gasteiger partial charge is 0.336 e. The monoisotopic (exact) mass is 471 g/mol. The van der Waals surface area contributed by atoms with Crippen LogP contribution in [0.15, 0.2) is 14.4 Å². The minimum Gasteiger partial charge on any atom is -0.247 e. The predicted molar refractivity (Wildman–Crippen MR) is 138 cm³/mol. The molecule has 1 heterocycles. The molecule has 6 nitrogen and oxygen atoms in total. The fourth-order valence-electron chi connectivity index (χ4n) is 3.56. The first-order valence-corrected chi connectivity index (χ1v) is 22.6. The molecular weight excluding hydrogens is 427 g/mol. The summed E-state index contributed by atoms with van der Waals surface area (Å²) >= 11 is 0. The van der Waals surface area contributed by atoms with Crippen molar-refractivity contribution >= 4 is 24.2 Å². The Kier molecular flexibility index (Phi) is 9.56. The predicted octanol–water partition coefficient (Wildman–Crippen LogP) is 4.36. The third-order valence-electron chi connectivity index (χ3n) is 5.31. The van der Waals surface area contributed by atoms with Gasteiger partial charge in [-0.05, 0) is 19.3 Å². The van der Waals surface area contributed by atoms with E-state index in [0.717, 1.165) is 37.4 Å². The van der Waals surface area contributed by atoms with Crippen molar-refractivity contribution in [1.29, 1.82) is 0 Å². The summed E-state index contributed by atoms with van der Waals surface area (Å²) in [6.45, 7) is 21.9. The average molecular weight is 472 g/mol. The lowest BCUT2D eigenvalue weighted by Gasteiger charge is -2.19. The lowest BCUT2D eigenvalue weighted by atomic mass is 10.4. The smallest absolute Gasteiger partial charge is 0.247 e. The van der Waals surface area contributed by atoms with Gasteiger partial charge in [-0.25, -0.2) is 28.1 Å². The summed E-state index contributed by atoms with van der Waals surface area (Å²) in [4.78, 5) is 39.1. The Morgan fingerprint density at radius 3 is 0.833 bits per heavy atom. The first-order valence-electron chi connectivity index (χ1n) is 11.5. The van der Waals surface area contributed by atoms with Gasteiger partial charge in [-0.3, -0.25) is 0 Å². The van der Waals surface area contributed by atoms with Crippen molar-refractivity contribution in [3.63, 3.8) is 0 Å². The molecule has 0 aliphatic heterocycles. The first kappa shape index (κ1) is 27.1. The van der Waals surface area contributed by atoms with E-state index in [1.807, 2.05) is 0 Å². The van der Waals surface area contributed by atoms with Gasteiger partial charge in [-0.15, -0.1) is 0 Å². The molecule has 174 valence electrons. The van der Waals surface area contributed by atoms with Crippen LogP contribution >= 0.6 is 0 Å². The zero-order valence-electron chi connectivity index (χ0n) is 20.9. The number of aromatic nitrogens is 3. The van der Waals surface area contributed by atoms with E-state index in [9.17, 15) is 14.4 Å². The Hall–Kier alpha value is -0.939. The molecule has 1 aromatic heterocycles. The Balaban J connectivity index is 3.25. The Bertz CT molecular complexity index is 721. The lowest BCUT2D eigenvalue weighted by molar-refractivity contribution is 0.436. The van der Waals surface area contributed by atoms with Crippen LogP contribution in [0, 0.1) is 0 Å². The van der Waals surface area contributed by atoms with Gasteiger partial charge in [0.15, 0.2) is 0 Å². The summed E-state index contributed by atoms with van der Waals surface area (Å²) < 4.78 is 3.97. The van der Waals surface area contributed by atoms with Gasteiger partial charge in [0.05, 0.1) is 0 Å². The maximum absolute atomic E-state index is 13.0. The molecule has 9 heteroatoms. The van der Waals surface area contributed by atoms with Gasteiger partial charge in [-0.1, -0.05) is 77.1 Å². The molecule has 0 aromatic carbocycles. The Labute approximate surface area is 185 Å². The molecule has 0 atom stereocenters. The van der Waals surface area contributed by atoms with Crippen LogP contribution in [0.4, 0.5) is 0 Å². The molecule has 0 spiro atoms. The second-order valence-electron chi connectivity index (χ2n) is 12.3. The van der Waals surface area contributed by atoms with Crippen LogP contribution in [-0.4, -0.2) is 37.9 Å².